The van der Waals surface area contributed by atoms with Gasteiger partial charge < -0.3 is 9.64 Å². The van der Waals surface area contributed by atoms with Crippen LogP contribution in [0.3, 0.4) is 0 Å². The first-order valence-corrected chi connectivity index (χ1v) is 12.6. The fraction of sp³-hybridized carbons (Fsp3) is 0.280. The predicted octanol–water partition coefficient (Wildman–Crippen LogP) is 4.83. The van der Waals surface area contributed by atoms with Crippen molar-refractivity contribution >= 4 is 57.4 Å². The van der Waals surface area contributed by atoms with Crippen molar-refractivity contribution in [3.05, 3.63) is 69.2 Å². The average molecular weight is 547 g/mol. The van der Waals surface area contributed by atoms with Crippen LogP contribution in [0.1, 0.15) is 16.7 Å². The number of amides is 1. The third kappa shape index (κ3) is 4.50. The molecular formula is C25H18ClF3N4O3S. The second kappa shape index (κ2) is 8.91. The number of thioether (sulfide) groups is 1. The number of rotatable bonds is 3. The van der Waals surface area contributed by atoms with Crippen LogP contribution in [0.2, 0.25) is 5.02 Å². The SMILES string of the molecule is O=C1N=C(N2CC3COC(=O)C3C2)SC1=Cc1ccc2c(cnn2Cc2ccc(Cl)cc2C(F)(F)F)c1. The summed E-state index contributed by atoms with van der Waals surface area (Å²) < 4.78 is 47.1. The minimum Gasteiger partial charge on any atom is -0.465 e. The Bertz CT molecular complexity index is 1520. The highest BCUT2D eigenvalue weighted by Gasteiger charge is 2.46. The van der Waals surface area contributed by atoms with Gasteiger partial charge in [0.05, 0.1) is 41.3 Å². The first kappa shape index (κ1) is 24.1. The van der Waals surface area contributed by atoms with Gasteiger partial charge in [-0.3, -0.25) is 14.3 Å². The Balaban J connectivity index is 1.20. The van der Waals surface area contributed by atoms with Crippen molar-refractivity contribution < 1.29 is 27.5 Å². The second-order valence-electron chi connectivity index (χ2n) is 9.13. The van der Waals surface area contributed by atoms with Crippen LogP contribution in [-0.4, -0.2) is 51.4 Å². The van der Waals surface area contributed by atoms with Gasteiger partial charge >= 0.3 is 12.1 Å². The zero-order valence-electron chi connectivity index (χ0n) is 19.0. The first-order chi connectivity index (χ1) is 17.7. The lowest BCUT2D eigenvalue weighted by Crippen LogP contribution is -2.27. The summed E-state index contributed by atoms with van der Waals surface area (Å²) >= 11 is 7.05. The number of hydrogen-bond donors (Lipinski definition) is 0. The van der Waals surface area contributed by atoms with Gasteiger partial charge in [0.15, 0.2) is 5.17 Å². The molecule has 4 heterocycles. The number of nitrogens with zero attached hydrogens (tertiary/aromatic N) is 4. The molecule has 37 heavy (non-hydrogen) atoms. The quantitative estimate of drug-likeness (QED) is 0.346. The summed E-state index contributed by atoms with van der Waals surface area (Å²) in [5.74, 6) is -0.598. The Labute approximate surface area is 217 Å². The van der Waals surface area contributed by atoms with Crippen LogP contribution in [0.4, 0.5) is 13.2 Å². The van der Waals surface area contributed by atoms with Crippen molar-refractivity contribution in [2.75, 3.05) is 19.7 Å². The van der Waals surface area contributed by atoms with Crippen LogP contribution in [0.5, 0.6) is 0 Å². The summed E-state index contributed by atoms with van der Waals surface area (Å²) in [6.07, 6.45) is -1.23. The molecule has 3 aliphatic rings. The number of likely N-dealkylation sites (tertiary alicyclic amines) is 1. The van der Waals surface area contributed by atoms with Gasteiger partial charge in [-0.05, 0) is 53.2 Å². The van der Waals surface area contributed by atoms with E-state index in [4.69, 9.17) is 16.3 Å². The normalized spacial score (nSPS) is 22.8. The molecule has 7 nitrogen and oxygen atoms in total. The number of alkyl halides is 3. The summed E-state index contributed by atoms with van der Waals surface area (Å²) in [5.41, 5.74) is 0.660. The Kier molecular flexibility index (Phi) is 5.79. The molecule has 190 valence electrons. The number of ether oxygens (including phenoxy) is 1. The van der Waals surface area contributed by atoms with Crippen molar-refractivity contribution in [1.82, 2.24) is 14.7 Å². The molecule has 1 amide bonds. The molecular weight excluding hydrogens is 529 g/mol. The van der Waals surface area contributed by atoms with E-state index < -0.39 is 11.7 Å². The van der Waals surface area contributed by atoms with E-state index in [0.717, 1.165) is 17.0 Å². The van der Waals surface area contributed by atoms with Gasteiger partial charge in [0.25, 0.3) is 5.91 Å². The number of cyclic esters (lactones) is 1. The molecule has 0 radical (unpaired) electrons. The van der Waals surface area contributed by atoms with E-state index in [9.17, 15) is 22.8 Å². The predicted molar refractivity (Wildman–Crippen MR) is 133 cm³/mol. The third-order valence-electron chi connectivity index (χ3n) is 6.72. The molecule has 2 fully saturated rings. The van der Waals surface area contributed by atoms with Gasteiger partial charge in [-0.15, -0.1) is 0 Å². The molecule has 2 unspecified atom stereocenters. The molecule has 2 saturated heterocycles. The van der Waals surface area contributed by atoms with Crippen molar-refractivity contribution in [3.8, 4) is 0 Å². The van der Waals surface area contributed by atoms with E-state index in [-0.39, 0.29) is 40.8 Å². The highest BCUT2D eigenvalue weighted by Crippen LogP contribution is 2.37. The lowest BCUT2D eigenvalue weighted by atomic mass is 10.0. The highest BCUT2D eigenvalue weighted by atomic mass is 35.5. The van der Waals surface area contributed by atoms with E-state index in [1.807, 2.05) is 11.0 Å². The molecule has 12 heteroatoms. The number of aromatic nitrogens is 2. The average Bonchev–Trinajstić information content (AvgIpc) is 3.60. The molecule has 0 spiro atoms. The fourth-order valence-corrected chi connectivity index (χ4v) is 5.98. The monoisotopic (exact) mass is 546 g/mol. The zero-order chi connectivity index (χ0) is 25.9. The number of halogens is 4. The number of fused-ring (bicyclic) bond motifs is 2. The smallest absolute Gasteiger partial charge is 0.416 e. The van der Waals surface area contributed by atoms with Gasteiger partial charge in [-0.25, -0.2) is 0 Å². The Morgan fingerprint density at radius 1 is 1.16 bits per heavy atom. The summed E-state index contributed by atoms with van der Waals surface area (Å²) in [5, 5.41) is 5.59. The molecule has 3 aromatic rings. The topological polar surface area (TPSA) is 76.8 Å². The molecule has 2 aromatic carbocycles. The molecule has 0 aliphatic carbocycles. The summed E-state index contributed by atoms with van der Waals surface area (Å²) in [4.78, 5) is 31.0. The Morgan fingerprint density at radius 2 is 2.00 bits per heavy atom. The molecule has 6 rings (SSSR count). The molecule has 0 bridgehead atoms. The van der Waals surface area contributed by atoms with Crippen LogP contribution in [0, 0.1) is 11.8 Å². The number of aliphatic imine (C=N–C) groups is 1. The molecule has 2 atom stereocenters. The maximum atomic E-state index is 13.5. The van der Waals surface area contributed by atoms with Gasteiger partial charge in [-0.2, -0.15) is 23.3 Å². The number of carbonyl (C=O) groups is 2. The van der Waals surface area contributed by atoms with Gasteiger partial charge in [0.2, 0.25) is 0 Å². The van der Waals surface area contributed by atoms with E-state index >= 15 is 0 Å². The van der Waals surface area contributed by atoms with Gasteiger partial charge in [0.1, 0.15) is 0 Å². The second-order valence-corrected chi connectivity index (χ2v) is 10.6. The maximum absolute atomic E-state index is 13.5. The lowest BCUT2D eigenvalue weighted by Gasteiger charge is -2.17. The number of hydrogen-bond acceptors (Lipinski definition) is 6. The number of amidine groups is 1. The zero-order valence-corrected chi connectivity index (χ0v) is 20.6. The van der Waals surface area contributed by atoms with Crippen molar-refractivity contribution in [2.45, 2.75) is 12.7 Å². The van der Waals surface area contributed by atoms with Crippen LogP contribution in [-0.2, 0) is 27.0 Å². The lowest BCUT2D eigenvalue weighted by molar-refractivity contribution is -0.141. The highest BCUT2D eigenvalue weighted by molar-refractivity contribution is 8.18. The Morgan fingerprint density at radius 3 is 2.78 bits per heavy atom. The van der Waals surface area contributed by atoms with Crippen LogP contribution in [0.15, 0.2) is 52.5 Å². The van der Waals surface area contributed by atoms with E-state index in [0.29, 0.717) is 35.3 Å². The molecule has 3 aliphatic heterocycles. The third-order valence-corrected chi connectivity index (χ3v) is 8.00. The van der Waals surface area contributed by atoms with Crippen molar-refractivity contribution in [1.29, 1.82) is 0 Å². The minimum absolute atomic E-state index is 0.0145. The van der Waals surface area contributed by atoms with E-state index in [1.165, 1.54) is 28.6 Å². The fourth-order valence-electron chi connectivity index (χ4n) is 4.88. The minimum atomic E-state index is -4.54. The van der Waals surface area contributed by atoms with Crippen LogP contribution in [0.25, 0.3) is 17.0 Å². The molecule has 1 aromatic heterocycles. The maximum Gasteiger partial charge on any atom is 0.416 e. The summed E-state index contributed by atoms with van der Waals surface area (Å²) in [6, 6.07) is 9.06. The van der Waals surface area contributed by atoms with Crippen LogP contribution >= 0.6 is 23.4 Å². The molecule has 0 saturated carbocycles. The van der Waals surface area contributed by atoms with Gasteiger partial charge in [0, 0.05) is 29.4 Å². The molecule has 0 N–H and O–H groups in total. The largest absolute Gasteiger partial charge is 0.465 e. The van der Waals surface area contributed by atoms with E-state index in [1.54, 1.807) is 24.4 Å². The number of benzene rings is 2. The van der Waals surface area contributed by atoms with Crippen LogP contribution < -0.4 is 0 Å². The van der Waals surface area contributed by atoms with Crippen molar-refractivity contribution in [2.24, 2.45) is 16.8 Å². The first-order valence-electron chi connectivity index (χ1n) is 11.4. The van der Waals surface area contributed by atoms with Gasteiger partial charge in [-0.1, -0.05) is 23.7 Å². The number of esters is 1. The summed E-state index contributed by atoms with van der Waals surface area (Å²) in [6.45, 7) is 1.44. The Hall–Kier alpha value is -3.31. The van der Waals surface area contributed by atoms with E-state index in [2.05, 4.69) is 10.1 Å². The standard InChI is InChI=1S/C25H18ClF3N4O3S/c26-17-3-2-14(19(7-17)25(27,28)29)10-33-20-4-1-13(5-15(20)8-30-33)6-21-22(34)31-24(37-21)32-9-16-12-36-23(35)18(16)11-32/h1-8,16,18H,9-12H2. The summed E-state index contributed by atoms with van der Waals surface area (Å²) in [7, 11) is 0. The number of carbonyl (C=O) groups excluding carboxylic acids is 2. The van der Waals surface area contributed by atoms with Crippen molar-refractivity contribution in [3.63, 3.8) is 0 Å².